The van der Waals surface area contributed by atoms with Gasteiger partial charge in [-0.2, -0.15) is 0 Å². The van der Waals surface area contributed by atoms with Crippen molar-refractivity contribution in [3.05, 3.63) is 58.0 Å². The van der Waals surface area contributed by atoms with E-state index >= 15 is 0 Å². The summed E-state index contributed by atoms with van der Waals surface area (Å²) in [7, 11) is 4.70. The molecular weight excluding hydrogens is 393 g/mol. The maximum Gasteiger partial charge on any atom is 0.225 e. The van der Waals surface area contributed by atoms with Crippen LogP contribution in [-0.2, 0) is 4.79 Å². The Morgan fingerprint density at radius 1 is 1.00 bits per heavy atom. The SMILES string of the molecule is COc1ccc([C@H]2CC(=O)Nc3c(-c4ccc(F)cc4)csc32)c(OC)c1OC. The maximum absolute atomic E-state index is 13.3. The van der Waals surface area contributed by atoms with Crippen LogP contribution < -0.4 is 19.5 Å². The van der Waals surface area contributed by atoms with Crippen molar-refractivity contribution in [2.24, 2.45) is 0 Å². The van der Waals surface area contributed by atoms with Gasteiger partial charge in [-0.25, -0.2) is 4.39 Å². The number of benzene rings is 2. The lowest BCUT2D eigenvalue weighted by atomic mass is 9.88. The van der Waals surface area contributed by atoms with Crippen LogP contribution in [0.3, 0.4) is 0 Å². The largest absolute Gasteiger partial charge is 0.493 e. The van der Waals surface area contributed by atoms with Crippen molar-refractivity contribution in [1.82, 2.24) is 0 Å². The molecule has 2 aromatic carbocycles. The second-order valence-electron chi connectivity index (χ2n) is 6.62. The molecule has 1 N–H and O–H groups in total. The highest BCUT2D eigenvalue weighted by Gasteiger charge is 2.33. The molecule has 0 saturated carbocycles. The van der Waals surface area contributed by atoms with Crippen molar-refractivity contribution < 1.29 is 23.4 Å². The number of nitrogens with one attached hydrogen (secondary N) is 1. The molecule has 7 heteroatoms. The summed E-state index contributed by atoms with van der Waals surface area (Å²) in [5.41, 5.74) is 3.35. The molecule has 29 heavy (non-hydrogen) atoms. The highest BCUT2D eigenvalue weighted by molar-refractivity contribution is 7.11. The van der Waals surface area contributed by atoms with Gasteiger partial charge in [0.2, 0.25) is 11.7 Å². The Labute approximate surface area is 172 Å². The number of thiophene rings is 1. The second kappa shape index (κ2) is 7.75. The van der Waals surface area contributed by atoms with Crippen LogP contribution in [0.5, 0.6) is 17.2 Å². The number of rotatable bonds is 5. The van der Waals surface area contributed by atoms with Gasteiger partial charge in [-0.15, -0.1) is 11.3 Å². The first-order chi connectivity index (χ1) is 14.1. The highest BCUT2D eigenvalue weighted by Crippen LogP contribution is 2.51. The number of methoxy groups -OCH3 is 3. The Kier molecular flexibility index (Phi) is 5.15. The van der Waals surface area contributed by atoms with Crippen molar-refractivity contribution in [2.45, 2.75) is 12.3 Å². The molecule has 1 amide bonds. The molecular formula is C22H20FNO4S. The number of fused-ring (bicyclic) bond motifs is 1. The number of anilines is 1. The molecule has 1 atom stereocenters. The molecule has 150 valence electrons. The van der Waals surface area contributed by atoms with Gasteiger partial charge in [0.25, 0.3) is 0 Å². The molecule has 0 fully saturated rings. The summed E-state index contributed by atoms with van der Waals surface area (Å²) in [4.78, 5) is 13.6. The molecule has 2 heterocycles. The van der Waals surface area contributed by atoms with Gasteiger partial charge in [0.1, 0.15) is 5.82 Å². The second-order valence-corrected chi connectivity index (χ2v) is 7.54. The first-order valence-electron chi connectivity index (χ1n) is 9.03. The van der Waals surface area contributed by atoms with E-state index in [4.69, 9.17) is 14.2 Å². The third-order valence-electron chi connectivity index (χ3n) is 5.06. The van der Waals surface area contributed by atoms with E-state index in [9.17, 15) is 9.18 Å². The van der Waals surface area contributed by atoms with Crippen LogP contribution in [0.2, 0.25) is 0 Å². The van der Waals surface area contributed by atoms with E-state index in [1.807, 2.05) is 17.5 Å². The average Bonchev–Trinajstić information content (AvgIpc) is 3.16. The minimum absolute atomic E-state index is 0.0823. The van der Waals surface area contributed by atoms with Gasteiger partial charge >= 0.3 is 0 Å². The molecule has 0 saturated heterocycles. The number of amides is 1. The maximum atomic E-state index is 13.3. The van der Waals surface area contributed by atoms with Crippen LogP contribution in [-0.4, -0.2) is 27.2 Å². The summed E-state index contributed by atoms with van der Waals surface area (Å²) in [6, 6.07) is 9.98. The Hall–Kier alpha value is -3.06. The summed E-state index contributed by atoms with van der Waals surface area (Å²) < 4.78 is 29.8. The van der Waals surface area contributed by atoms with E-state index in [-0.39, 0.29) is 17.6 Å². The van der Waals surface area contributed by atoms with Crippen molar-refractivity contribution in [2.75, 3.05) is 26.6 Å². The van der Waals surface area contributed by atoms with E-state index in [0.717, 1.165) is 27.3 Å². The van der Waals surface area contributed by atoms with Gasteiger partial charge < -0.3 is 19.5 Å². The molecule has 0 unspecified atom stereocenters. The van der Waals surface area contributed by atoms with Gasteiger partial charge in [0.15, 0.2) is 11.5 Å². The Balaban J connectivity index is 1.85. The third-order valence-corrected chi connectivity index (χ3v) is 6.15. The molecule has 0 spiro atoms. The predicted molar refractivity (Wildman–Crippen MR) is 111 cm³/mol. The van der Waals surface area contributed by atoms with E-state index in [2.05, 4.69) is 5.32 Å². The Morgan fingerprint density at radius 3 is 2.38 bits per heavy atom. The van der Waals surface area contributed by atoms with Gasteiger partial charge in [-0.05, 0) is 23.8 Å². The van der Waals surface area contributed by atoms with Gasteiger partial charge in [-0.3, -0.25) is 4.79 Å². The highest BCUT2D eigenvalue weighted by atomic mass is 32.1. The van der Waals surface area contributed by atoms with Gasteiger partial charge in [0, 0.05) is 33.7 Å². The Morgan fingerprint density at radius 2 is 1.72 bits per heavy atom. The molecule has 0 bridgehead atoms. The van der Waals surface area contributed by atoms with Crippen LogP contribution in [0.1, 0.15) is 22.8 Å². The van der Waals surface area contributed by atoms with Crippen molar-refractivity contribution in [3.63, 3.8) is 0 Å². The quantitative estimate of drug-likeness (QED) is 0.636. The first kappa shape index (κ1) is 19.3. The molecule has 3 aromatic rings. The molecule has 4 rings (SSSR count). The van der Waals surface area contributed by atoms with E-state index < -0.39 is 0 Å². The van der Waals surface area contributed by atoms with Gasteiger partial charge in [-0.1, -0.05) is 18.2 Å². The number of ether oxygens (including phenoxy) is 3. The predicted octanol–water partition coefficient (Wildman–Crippen LogP) is 5.05. The zero-order valence-electron chi connectivity index (χ0n) is 16.2. The fourth-order valence-corrected chi connectivity index (χ4v) is 4.87. The summed E-state index contributed by atoms with van der Waals surface area (Å²) in [5, 5.41) is 4.98. The van der Waals surface area contributed by atoms with E-state index in [1.54, 1.807) is 44.8 Å². The lowest BCUT2D eigenvalue weighted by Crippen LogP contribution is -2.23. The van der Waals surface area contributed by atoms with Gasteiger partial charge in [0.05, 0.1) is 27.0 Å². The van der Waals surface area contributed by atoms with Crippen LogP contribution in [0, 0.1) is 5.82 Å². The molecule has 1 aliphatic rings. The fourth-order valence-electron chi connectivity index (χ4n) is 3.72. The number of carbonyl (C=O) groups excluding carboxylic acids is 1. The number of carbonyl (C=O) groups is 1. The van der Waals surface area contributed by atoms with Crippen LogP contribution in [0.25, 0.3) is 11.1 Å². The minimum atomic E-state index is -0.296. The summed E-state index contributed by atoms with van der Waals surface area (Å²) in [6.07, 6.45) is 0.294. The first-order valence-corrected chi connectivity index (χ1v) is 9.91. The summed E-state index contributed by atoms with van der Waals surface area (Å²) in [6.45, 7) is 0. The minimum Gasteiger partial charge on any atom is -0.493 e. The smallest absolute Gasteiger partial charge is 0.225 e. The van der Waals surface area contributed by atoms with Crippen molar-refractivity contribution >= 4 is 22.9 Å². The van der Waals surface area contributed by atoms with Crippen molar-refractivity contribution in [1.29, 1.82) is 0 Å². The number of hydrogen-bond acceptors (Lipinski definition) is 5. The lowest BCUT2D eigenvalue weighted by molar-refractivity contribution is -0.116. The number of halogens is 1. The molecule has 0 aliphatic carbocycles. The van der Waals surface area contributed by atoms with Crippen molar-refractivity contribution in [3.8, 4) is 28.4 Å². The lowest BCUT2D eigenvalue weighted by Gasteiger charge is -2.26. The van der Waals surface area contributed by atoms with Crippen LogP contribution >= 0.6 is 11.3 Å². The summed E-state index contributed by atoms with van der Waals surface area (Å²) in [5.74, 6) is 1.04. The Bertz CT molecular complexity index is 1060. The monoisotopic (exact) mass is 413 g/mol. The normalized spacial score (nSPS) is 15.4. The average molecular weight is 413 g/mol. The molecule has 0 radical (unpaired) electrons. The molecule has 1 aromatic heterocycles. The zero-order chi connectivity index (χ0) is 20.5. The third kappa shape index (κ3) is 3.31. The summed E-state index contributed by atoms with van der Waals surface area (Å²) >= 11 is 1.56. The fraction of sp³-hybridized carbons (Fsp3) is 0.227. The number of hydrogen-bond donors (Lipinski definition) is 1. The standard InChI is InChI=1S/C22H20FNO4S/c1-26-17-9-8-14(20(27-2)21(17)28-3)15-10-18(25)24-19-16(11-29-22(15)19)12-4-6-13(23)7-5-12/h4-9,11,15H,10H2,1-3H3,(H,24,25)/t15-/m1/s1. The topological polar surface area (TPSA) is 56.8 Å². The molecule has 5 nitrogen and oxygen atoms in total. The van der Waals surface area contributed by atoms with Crippen LogP contribution in [0.15, 0.2) is 41.8 Å². The zero-order valence-corrected chi connectivity index (χ0v) is 17.1. The van der Waals surface area contributed by atoms with Crippen LogP contribution in [0.4, 0.5) is 10.1 Å². The van der Waals surface area contributed by atoms with E-state index in [1.165, 1.54) is 12.1 Å². The van der Waals surface area contributed by atoms with E-state index in [0.29, 0.717) is 23.7 Å². The molecule has 1 aliphatic heterocycles.